The minimum atomic E-state index is -0.371. The molecule has 3 aliphatic rings. The van der Waals surface area contributed by atoms with Crippen molar-refractivity contribution in [2.45, 2.75) is 50.5 Å². The third kappa shape index (κ3) is 4.21. The van der Waals surface area contributed by atoms with Gasteiger partial charge in [0.25, 0.3) is 0 Å². The zero-order valence-corrected chi connectivity index (χ0v) is 14.8. The number of benzene rings is 1. The van der Waals surface area contributed by atoms with Crippen molar-refractivity contribution in [1.29, 1.82) is 0 Å². The Morgan fingerprint density at radius 1 is 1.31 bits per heavy atom. The molecule has 0 saturated carbocycles. The molecule has 1 aromatic rings. The van der Waals surface area contributed by atoms with Crippen LogP contribution in [0.5, 0.6) is 0 Å². The average Bonchev–Trinajstić information content (AvgIpc) is 3.37. The highest BCUT2D eigenvalue weighted by Gasteiger charge is 2.39. The van der Waals surface area contributed by atoms with Gasteiger partial charge in [0.05, 0.1) is 6.04 Å². The molecular weight excluding hydrogens is 336 g/mol. The van der Waals surface area contributed by atoms with Crippen LogP contribution < -0.4 is 27.1 Å². The molecular formula is C17H26N6O3. The predicted molar refractivity (Wildman–Crippen MR) is 93.8 cm³/mol. The van der Waals surface area contributed by atoms with Gasteiger partial charge in [-0.25, -0.2) is 15.9 Å². The fourth-order valence-electron chi connectivity index (χ4n) is 3.47. The number of rotatable bonds is 5. The monoisotopic (exact) mass is 362 g/mol. The van der Waals surface area contributed by atoms with E-state index in [0.29, 0.717) is 6.42 Å². The molecule has 1 amide bonds. The van der Waals surface area contributed by atoms with Crippen LogP contribution in [-0.2, 0) is 20.9 Å². The van der Waals surface area contributed by atoms with Gasteiger partial charge in [-0.3, -0.25) is 15.1 Å². The molecule has 5 atom stereocenters. The summed E-state index contributed by atoms with van der Waals surface area (Å²) in [6.45, 7) is 4.22. The van der Waals surface area contributed by atoms with Crippen LogP contribution in [0.25, 0.3) is 0 Å². The van der Waals surface area contributed by atoms with Crippen molar-refractivity contribution in [2.75, 3.05) is 13.1 Å². The number of nitrogens with zero attached hydrogens (tertiary/aromatic N) is 1. The Labute approximate surface area is 152 Å². The van der Waals surface area contributed by atoms with E-state index in [9.17, 15) is 4.79 Å². The third-order valence-corrected chi connectivity index (χ3v) is 4.83. The van der Waals surface area contributed by atoms with Crippen LogP contribution in [-0.4, -0.2) is 54.6 Å². The largest absolute Gasteiger partial charge is 0.349 e. The fourth-order valence-corrected chi connectivity index (χ4v) is 3.47. The van der Waals surface area contributed by atoms with Crippen molar-refractivity contribution in [2.24, 2.45) is 0 Å². The molecule has 9 nitrogen and oxygen atoms in total. The summed E-state index contributed by atoms with van der Waals surface area (Å²) in [4.78, 5) is 18.0. The molecule has 142 valence electrons. The summed E-state index contributed by atoms with van der Waals surface area (Å²) in [6.07, 6.45) is 0.0205. The zero-order chi connectivity index (χ0) is 17.9. The van der Waals surface area contributed by atoms with E-state index in [0.717, 1.165) is 19.6 Å². The second kappa shape index (κ2) is 7.97. The first-order valence-electron chi connectivity index (χ1n) is 9.08. The Morgan fingerprint density at radius 3 is 2.92 bits per heavy atom. The van der Waals surface area contributed by atoms with E-state index in [2.05, 4.69) is 44.2 Å². The number of carbonyl (C=O) groups excluding carboxylic acids is 1. The van der Waals surface area contributed by atoms with Gasteiger partial charge in [-0.05, 0) is 12.5 Å². The Morgan fingerprint density at radius 2 is 2.15 bits per heavy atom. The lowest BCUT2D eigenvalue weighted by molar-refractivity contribution is -0.125. The number of carbonyl (C=O) groups is 1. The average molecular weight is 362 g/mol. The second-order valence-electron chi connectivity index (χ2n) is 6.98. The molecule has 0 bridgehead atoms. The van der Waals surface area contributed by atoms with Crippen molar-refractivity contribution in [3.63, 3.8) is 0 Å². The van der Waals surface area contributed by atoms with Crippen molar-refractivity contribution < 1.29 is 14.4 Å². The maximum Gasteiger partial charge on any atom is 0.239 e. The second-order valence-corrected chi connectivity index (χ2v) is 6.98. The van der Waals surface area contributed by atoms with Gasteiger partial charge in [-0.1, -0.05) is 30.3 Å². The quantitative estimate of drug-likeness (QED) is 0.453. The number of hydrogen-bond acceptors (Lipinski definition) is 8. The summed E-state index contributed by atoms with van der Waals surface area (Å²) in [6, 6.07) is 9.98. The van der Waals surface area contributed by atoms with Gasteiger partial charge in [0.15, 0.2) is 6.23 Å². The van der Waals surface area contributed by atoms with Crippen LogP contribution in [0.15, 0.2) is 30.3 Å². The number of ether oxygens (including phenoxy) is 1. The highest BCUT2D eigenvalue weighted by atomic mass is 16.7. The summed E-state index contributed by atoms with van der Waals surface area (Å²) < 4.78 is 5.64. The first-order chi connectivity index (χ1) is 12.7. The van der Waals surface area contributed by atoms with Gasteiger partial charge in [-0.15, -0.1) is 0 Å². The molecule has 1 aromatic carbocycles. The first kappa shape index (κ1) is 17.8. The molecule has 9 heteroatoms. The lowest BCUT2D eigenvalue weighted by Gasteiger charge is -2.17. The van der Waals surface area contributed by atoms with Gasteiger partial charge in [0.2, 0.25) is 5.91 Å². The Balaban J connectivity index is 1.22. The molecule has 0 aromatic heterocycles. The molecule has 3 heterocycles. The van der Waals surface area contributed by atoms with Crippen molar-refractivity contribution >= 4 is 5.91 Å². The van der Waals surface area contributed by atoms with Crippen LogP contribution >= 0.6 is 0 Å². The van der Waals surface area contributed by atoms with Crippen LogP contribution in [0.3, 0.4) is 0 Å². The standard InChI is InChI=1S/C17H26N6O3/c1-11-20-21-17(25-11)15-7-14(22-26-15)16(24)19-13-8-18-23(10-13)9-12-5-3-2-4-6-12/h2-6,11,13-15,17-18,20-22H,7-10H2,1H3,(H,19,24). The van der Waals surface area contributed by atoms with E-state index in [1.165, 1.54) is 5.56 Å². The van der Waals surface area contributed by atoms with Crippen LogP contribution in [0, 0.1) is 0 Å². The third-order valence-electron chi connectivity index (χ3n) is 4.83. The van der Waals surface area contributed by atoms with Gasteiger partial charge < -0.3 is 10.1 Å². The minimum Gasteiger partial charge on any atom is -0.349 e. The van der Waals surface area contributed by atoms with E-state index >= 15 is 0 Å². The maximum atomic E-state index is 12.5. The highest BCUT2D eigenvalue weighted by Crippen LogP contribution is 2.18. The summed E-state index contributed by atoms with van der Waals surface area (Å²) in [5.74, 6) is -0.0418. The van der Waals surface area contributed by atoms with Crippen LogP contribution in [0.2, 0.25) is 0 Å². The Hall–Kier alpha value is -1.59. The molecule has 0 spiro atoms. The van der Waals surface area contributed by atoms with Crippen molar-refractivity contribution in [3.05, 3.63) is 35.9 Å². The summed E-state index contributed by atoms with van der Waals surface area (Å²) in [7, 11) is 0. The van der Waals surface area contributed by atoms with Crippen LogP contribution in [0.1, 0.15) is 18.9 Å². The normalized spacial score (nSPS) is 35.0. The SMILES string of the molecule is CC1NNC(C2CC(C(=O)NC3CNN(Cc4ccccc4)C3)NO2)O1. The van der Waals surface area contributed by atoms with Crippen LogP contribution in [0.4, 0.5) is 0 Å². The maximum absolute atomic E-state index is 12.5. The van der Waals surface area contributed by atoms with Gasteiger partial charge in [0.1, 0.15) is 18.4 Å². The highest BCUT2D eigenvalue weighted by molar-refractivity contribution is 5.82. The summed E-state index contributed by atoms with van der Waals surface area (Å²) >= 11 is 0. The minimum absolute atomic E-state index is 0.0418. The number of hydrazine groups is 2. The lowest BCUT2D eigenvalue weighted by Crippen LogP contribution is -2.47. The van der Waals surface area contributed by atoms with Gasteiger partial charge >= 0.3 is 0 Å². The lowest BCUT2D eigenvalue weighted by atomic mass is 10.1. The van der Waals surface area contributed by atoms with E-state index < -0.39 is 0 Å². The smallest absolute Gasteiger partial charge is 0.239 e. The zero-order valence-electron chi connectivity index (χ0n) is 14.8. The van der Waals surface area contributed by atoms with Crippen molar-refractivity contribution in [1.82, 2.24) is 32.1 Å². The molecule has 3 aliphatic heterocycles. The van der Waals surface area contributed by atoms with E-state index in [1.54, 1.807) is 0 Å². The Bertz CT molecular complexity index is 618. The number of hydroxylamine groups is 1. The fraction of sp³-hybridized carbons (Fsp3) is 0.588. The molecule has 4 rings (SSSR count). The topological polar surface area (TPSA) is 98.9 Å². The Kier molecular flexibility index (Phi) is 5.46. The number of hydrogen-bond donors (Lipinski definition) is 5. The van der Waals surface area contributed by atoms with E-state index in [-0.39, 0.29) is 36.6 Å². The summed E-state index contributed by atoms with van der Waals surface area (Å²) in [5, 5.41) is 5.22. The number of amides is 1. The van der Waals surface area contributed by atoms with Gasteiger partial charge in [-0.2, -0.15) is 5.48 Å². The number of nitrogens with one attached hydrogen (secondary N) is 5. The molecule has 26 heavy (non-hydrogen) atoms. The molecule has 0 radical (unpaired) electrons. The molecule has 3 saturated heterocycles. The van der Waals surface area contributed by atoms with Crippen molar-refractivity contribution in [3.8, 4) is 0 Å². The molecule has 0 aliphatic carbocycles. The molecule has 3 fully saturated rings. The molecule has 5 unspecified atom stereocenters. The summed E-state index contributed by atoms with van der Waals surface area (Å²) in [5.41, 5.74) is 13.4. The van der Waals surface area contributed by atoms with E-state index in [4.69, 9.17) is 9.57 Å². The first-order valence-corrected chi connectivity index (χ1v) is 9.08. The van der Waals surface area contributed by atoms with E-state index in [1.807, 2.05) is 25.1 Å². The van der Waals surface area contributed by atoms with Gasteiger partial charge in [0, 0.05) is 26.1 Å². The molecule has 5 N–H and O–H groups in total. The predicted octanol–water partition coefficient (Wildman–Crippen LogP) is -1.05.